The van der Waals surface area contributed by atoms with Gasteiger partial charge >= 0.3 is 5.97 Å². The van der Waals surface area contributed by atoms with E-state index in [-0.39, 0.29) is 22.9 Å². The molecule has 0 aliphatic rings. The molecule has 0 aliphatic heterocycles. The molecule has 3 aromatic rings. The van der Waals surface area contributed by atoms with Crippen molar-refractivity contribution >= 4 is 15.8 Å². The highest BCUT2D eigenvalue weighted by molar-refractivity contribution is 7.90. The number of carbonyl (C=O) groups is 1. The molecule has 0 N–H and O–H groups in total. The third-order valence-electron chi connectivity index (χ3n) is 3.97. The molecule has 0 fully saturated rings. The molecule has 3 rings (SSSR count). The highest BCUT2D eigenvalue weighted by atomic mass is 32.2. The normalized spacial score (nSPS) is 11.4. The lowest BCUT2D eigenvalue weighted by molar-refractivity contribution is 0.0459. The minimum absolute atomic E-state index is 0.0418. The van der Waals surface area contributed by atoms with Gasteiger partial charge in [0.25, 0.3) is 0 Å². The average molecular weight is 389 g/mol. The molecule has 0 spiro atoms. The second kappa shape index (κ2) is 7.32. The Morgan fingerprint density at radius 2 is 1.81 bits per heavy atom. The molecule has 0 atom stereocenters. The smallest absolute Gasteiger partial charge is 0.339 e. The fourth-order valence-electron chi connectivity index (χ4n) is 2.54. The molecule has 27 heavy (non-hydrogen) atoms. The Hall–Kier alpha value is -3.00. The standard InChI is InChI=1S/C19H16FNO5S/c1-12-16(21-26-18(12)13-7-9-14(20)10-8-13)11-25-19(22)15-5-3-4-6-17(15)27(2,23)24/h3-10H,11H2,1-2H3. The third kappa shape index (κ3) is 4.06. The number of aromatic nitrogens is 1. The van der Waals surface area contributed by atoms with Crippen LogP contribution in [0, 0.1) is 12.7 Å². The van der Waals surface area contributed by atoms with Crippen molar-refractivity contribution in [1.82, 2.24) is 5.16 Å². The SMILES string of the molecule is Cc1c(COC(=O)c2ccccc2S(C)(=O)=O)noc1-c1ccc(F)cc1. The number of nitrogens with zero attached hydrogens (tertiary/aromatic N) is 1. The van der Waals surface area contributed by atoms with E-state index in [0.717, 1.165) is 6.26 Å². The van der Waals surface area contributed by atoms with E-state index in [1.165, 1.54) is 30.3 Å². The van der Waals surface area contributed by atoms with E-state index >= 15 is 0 Å². The zero-order valence-electron chi connectivity index (χ0n) is 14.6. The topological polar surface area (TPSA) is 86.5 Å². The Morgan fingerprint density at radius 3 is 2.48 bits per heavy atom. The first-order valence-electron chi connectivity index (χ1n) is 7.94. The van der Waals surface area contributed by atoms with Crippen molar-refractivity contribution in [3.8, 4) is 11.3 Å². The lowest BCUT2D eigenvalue weighted by atomic mass is 10.1. The number of hydrogen-bond donors (Lipinski definition) is 0. The molecule has 140 valence electrons. The first-order valence-corrected chi connectivity index (χ1v) is 9.84. The minimum atomic E-state index is -3.57. The Bertz CT molecular complexity index is 1090. The van der Waals surface area contributed by atoms with Crippen molar-refractivity contribution in [2.45, 2.75) is 18.4 Å². The maximum atomic E-state index is 13.0. The van der Waals surface area contributed by atoms with E-state index in [0.29, 0.717) is 22.6 Å². The summed E-state index contributed by atoms with van der Waals surface area (Å²) >= 11 is 0. The van der Waals surface area contributed by atoms with Crippen molar-refractivity contribution in [1.29, 1.82) is 0 Å². The molecule has 0 saturated carbocycles. The summed E-state index contributed by atoms with van der Waals surface area (Å²) < 4.78 is 47.2. The van der Waals surface area contributed by atoms with Gasteiger partial charge in [0, 0.05) is 17.4 Å². The maximum Gasteiger partial charge on any atom is 0.339 e. The maximum absolute atomic E-state index is 13.0. The van der Waals surface area contributed by atoms with Gasteiger partial charge in [-0.05, 0) is 43.3 Å². The van der Waals surface area contributed by atoms with Crippen LogP contribution in [-0.2, 0) is 21.2 Å². The van der Waals surface area contributed by atoms with Gasteiger partial charge in [-0.25, -0.2) is 17.6 Å². The zero-order valence-corrected chi connectivity index (χ0v) is 15.4. The van der Waals surface area contributed by atoms with E-state index in [9.17, 15) is 17.6 Å². The van der Waals surface area contributed by atoms with Gasteiger partial charge in [0.05, 0.1) is 10.5 Å². The fourth-order valence-corrected chi connectivity index (χ4v) is 3.42. The van der Waals surface area contributed by atoms with Crippen LogP contribution >= 0.6 is 0 Å². The van der Waals surface area contributed by atoms with Crippen LogP contribution in [0.15, 0.2) is 57.9 Å². The number of hydrogen-bond acceptors (Lipinski definition) is 6. The summed E-state index contributed by atoms with van der Waals surface area (Å²) in [5.41, 5.74) is 1.63. The largest absolute Gasteiger partial charge is 0.455 e. The number of ether oxygens (including phenoxy) is 1. The summed E-state index contributed by atoms with van der Waals surface area (Å²) in [5.74, 6) is -0.700. The first-order chi connectivity index (χ1) is 12.8. The Morgan fingerprint density at radius 1 is 1.15 bits per heavy atom. The molecular formula is C19H16FNO5S. The molecule has 8 heteroatoms. The van der Waals surface area contributed by atoms with Crippen LogP contribution in [0.1, 0.15) is 21.6 Å². The molecular weight excluding hydrogens is 373 g/mol. The van der Waals surface area contributed by atoms with Gasteiger partial charge in [-0.1, -0.05) is 17.3 Å². The summed E-state index contributed by atoms with van der Waals surface area (Å²) in [6.45, 7) is 1.55. The average Bonchev–Trinajstić information content (AvgIpc) is 3.00. The quantitative estimate of drug-likeness (QED) is 0.620. The van der Waals surface area contributed by atoms with Gasteiger partial charge < -0.3 is 9.26 Å². The van der Waals surface area contributed by atoms with E-state index in [1.807, 2.05) is 0 Å². The second-order valence-electron chi connectivity index (χ2n) is 5.93. The second-order valence-corrected chi connectivity index (χ2v) is 7.92. The number of carbonyl (C=O) groups excluding carboxylic acids is 1. The highest BCUT2D eigenvalue weighted by Crippen LogP contribution is 2.26. The van der Waals surface area contributed by atoms with Gasteiger partial charge in [-0.15, -0.1) is 0 Å². The van der Waals surface area contributed by atoms with Crippen LogP contribution in [0.2, 0.25) is 0 Å². The summed E-state index contributed by atoms with van der Waals surface area (Å²) in [4.78, 5) is 12.2. The van der Waals surface area contributed by atoms with Crippen molar-refractivity contribution in [3.63, 3.8) is 0 Å². The molecule has 2 aromatic carbocycles. The van der Waals surface area contributed by atoms with Crippen molar-refractivity contribution < 1.29 is 26.9 Å². The Balaban J connectivity index is 1.79. The molecule has 6 nitrogen and oxygen atoms in total. The van der Waals surface area contributed by atoms with Gasteiger partial charge in [-0.2, -0.15) is 0 Å². The number of benzene rings is 2. The van der Waals surface area contributed by atoms with Crippen molar-refractivity contribution in [3.05, 3.63) is 71.2 Å². The van der Waals surface area contributed by atoms with Crippen LogP contribution in [-0.4, -0.2) is 25.8 Å². The first kappa shape index (κ1) is 18.8. The van der Waals surface area contributed by atoms with Gasteiger partial charge in [0.2, 0.25) is 0 Å². The molecule has 0 saturated heterocycles. The monoisotopic (exact) mass is 389 g/mol. The van der Waals surface area contributed by atoms with Gasteiger partial charge in [0.15, 0.2) is 15.6 Å². The fraction of sp³-hybridized carbons (Fsp3) is 0.158. The van der Waals surface area contributed by atoms with E-state index < -0.39 is 15.8 Å². The lowest BCUT2D eigenvalue weighted by Crippen LogP contribution is -2.11. The number of esters is 1. The number of halogens is 1. The minimum Gasteiger partial charge on any atom is -0.455 e. The summed E-state index contributed by atoms with van der Waals surface area (Å²) in [6, 6.07) is 11.5. The Kier molecular flexibility index (Phi) is 5.09. The predicted octanol–water partition coefficient (Wildman–Crippen LogP) is 3.55. The highest BCUT2D eigenvalue weighted by Gasteiger charge is 2.21. The van der Waals surface area contributed by atoms with E-state index in [1.54, 1.807) is 25.1 Å². The predicted molar refractivity (Wildman–Crippen MR) is 95.3 cm³/mol. The van der Waals surface area contributed by atoms with Crippen LogP contribution in [0.4, 0.5) is 4.39 Å². The number of rotatable bonds is 5. The van der Waals surface area contributed by atoms with Crippen LogP contribution < -0.4 is 0 Å². The molecule has 0 unspecified atom stereocenters. The molecule has 0 aliphatic carbocycles. The molecule has 1 aromatic heterocycles. The summed E-state index contributed by atoms with van der Waals surface area (Å²) in [7, 11) is -3.57. The van der Waals surface area contributed by atoms with E-state index in [4.69, 9.17) is 9.26 Å². The number of sulfone groups is 1. The van der Waals surface area contributed by atoms with Crippen LogP contribution in [0.25, 0.3) is 11.3 Å². The van der Waals surface area contributed by atoms with Crippen LogP contribution in [0.3, 0.4) is 0 Å². The zero-order chi connectivity index (χ0) is 19.6. The third-order valence-corrected chi connectivity index (χ3v) is 5.13. The van der Waals surface area contributed by atoms with Gasteiger partial charge in [-0.3, -0.25) is 0 Å². The van der Waals surface area contributed by atoms with Crippen molar-refractivity contribution in [2.75, 3.05) is 6.26 Å². The van der Waals surface area contributed by atoms with Crippen LogP contribution in [0.5, 0.6) is 0 Å². The lowest BCUT2D eigenvalue weighted by Gasteiger charge is -2.07. The summed E-state index contributed by atoms with van der Waals surface area (Å²) in [5, 5.41) is 3.89. The van der Waals surface area contributed by atoms with Gasteiger partial charge in [0.1, 0.15) is 18.1 Å². The molecule has 0 bridgehead atoms. The summed E-state index contributed by atoms with van der Waals surface area (Å²) in [6.07, 6.45) is 1.02. The molecule has 0 amide bonds. The molecule has 0 radical (unpaired) electrons. The molecule has 1 heterocycles. The van der Waals surface area contributed by atoms with Crippen molar-refractivity contribution in [2.24, 2.45) is 0 Å². The Labute approximate surface area is 155 Å². The van der Waals surface area contributed by atoms with E-state index in [2.05, 4.69) is 5.16 Å².